The molecule has 1 amide bonds. The highest BCUT2D eigenvalue weighted by Crippen LogP contribution is 2.17. The lowest BCUT2D eigenvalue weighted by Crippen LogP contribution is -2.50. The second-order valence-corrected chi connectivity index (χ2v) is 4.71. The Bertz CT molecular complexity index is 226. The van der Waals surface area contributed by atoms with Crippen LogP contribution in [0.2, 0.25) is 0 Å². The Morgan fingerprint density at radius 3 is 2.88 bits per heavy atom. The predicted octanol–water partition coefficient (Wildman–Crippen LogP) is 0.994. The van der Waals surface area contributed by atoms with Gasteiger partial charge in [-0.3, -0.25) is 9.69 Å². The summed E-state index contributed by atoms with van der Waals surface area (Å²) in [5.41, 5.74) is 5.69. The topological polar surface area (TPSA) is 58.4 Å². The monoisotopic (exact) mass is 263 g/mol. The molecule has 1 aliphatic heterocycles. The summed E-state index contributed by atoms with van der Waals surface area (Å²) in [5.74, 6) is 0.717. The number of nitrogens with one attached hydrogen (secondary N) is 1. The molecular weight excluding hydrogens is 238 g/mol. The molecule has 1 aliphatic rings. The van der Waals surface area contributed by atoms with Crippen LogP contribution in [0.3, 0.4) is 0 Å². The van der Waals surface area contributed by atoms with Gasteiger partial charge in [0.2, 0.25) is 5.91 Å². The van der Waals surface area contributed by atoms with E-state index in [-0.39, 0.29) is 24.4 Å². The van der Waals surface area contributed by atoms with E-state index in [4.69, 9.17) is 5.73 Å². The van der Waals surface area contributed by atoms with Gasteiger partial charge in [-0.25, -0.2) is 0 Å². The van der Waals surface area contributed by atoms with Gasteiger partial charge in [0.05, 0.1) is 6.04 Å². The van der Waals surface area contributed by atoms with E-state index in [9.17, 15) is 4.79 Å². The standard InChI is InChI=1S/C12H25N3O.ClH/c1-3-6-14-12(16)10(2)15-7-4-5-11(8-13)9-15;/h10-11H,3-9,13H2,1-2H3,(H,14,16);1H. The first-order chi connectivity index (χ1) is 7.69. The Morgan fingerprint density at radius 2 is 2.29 bits per heavy atom. The number of amides is 1. The fourth-order valence-electron chi connectivity index (χ4n) is 2.20. The lowest BCUT2D eigenvalue weighted by atomic mass is 9.97. The molecule has 102 valence electrons. The summed E-state index contributed by atoms with van der Waals surface area (Å²) in [4.78, 5) is 14.1. The summed E-state index contributed by atoms with van der Waals surface area (Å²) in [7, 11) is 0. The molecule has 17 heavy (non-hydrogen) atoms. The van der Waals surface area contributed by atoms with E-state index >= 15 is 0 Å². The van der Waals surface area contributed by atoms with Crippen molar-refractivity contribution < 1.29 is 4.79 Å². The molecule has 0 saturated carbocycles. The number of carbonyl (C=O) groups excluding carboxylic acids is 1. The number of hydrogen-bond acceptors (Lipinski definition) is 3. The largest absolute Gasteiger partial charge is 0.355 e. The zero-order chi connectivity index (χ0) is 12.0. The highest BCUT2D eigenvalue weighted by Gasteiger charge is 2.26. The third-order valence-electron chi connectivity index (χ3n) is 3.36. The fourth-order valence-corrected chi connectivity index (χ4v) is 2.20. The van der Waals surface area contributed by atoms with Gasteiger partial charge in [0.25, 0.3) is 0 Å². The van der Waals surface area contributed by atoms with E-state index in [0.29, 0.717) is 5.92 Å². The molecule has 1 rings (SSSR count). The molecule has 0 aromatic rings. The molecule has 3 N–H and O–H groups in total. The van der Waals surface area contributed by atoms with Gasteiger partial charge in [-0.2, -0.15) is 0 Å². The average Bonchev–Trinajstić information content (AvgIpc) is 2.35. The zero-order valence-corrected chi connectivity index (χ0v) is 11.8. The van der Waals surface area contributed by atoms with E-state index in [2.05, 4.69) is 17.1 Å². The molecule has 0 aromatic heterocycles. The number of halogens is 1. The van der Waals surface area contributed by atoms with Crippen LogP contribution in [-0.2, 0) is 4.79 Å². The first-order valence-corrected chi connectivity index (χ1v) is 6.40. The molecule has 0 spiro atoms. The van der Waals surface area contributed by atoms with Crippen molar-refractivity contribution in [1.29, 1.82) is 0 Å². The minimum atomic E-state index is -0.0131. The van der Waals surface area contributed by atoms with Gasteiger partial charge in [0.15, 0.2) is 0 Å². The van der Waals surface area contributed by atoms with Crippen LogP contribution in [-0.4, -0.2) is 43.0 Å². The summed E-state index contributed by atoms with van der Waals surface area (Å²) in [6.45, 7) is 7.56. The molecule has 2 atom stereocenters. The molecular formula is C12H26ClN3O. The number of likely N-dealkylation sites (tertiary alicyclic amines) is 1. The molecule has 1 fully saturated rings. The second kappa shape index (κ2) is 8.72. The Labute approximate surface area is 111 Å². The van der Waals surface area contributed by atoms with E-state index < -0.39 is 0 Å². The van der Waals surface area contributed by atoms with Crippen molar-refractivity contribution in [2.24, 2.45) is 11.7 Å². The van der Waals surface area contributed by atoms with Crippen molar-refractivity contribution in [2.45, 2.75) is 39.2 Å². The van der Waals surface area contributed by atoms with Crippen LogP contribution in [0.5, 0.6) is 0 Å². The lowest BCUT2D eigenvalue weighted by Gasteiger charge is -2.35. The van der Waals surface area contributed by atoms with Crippen LogP contribution < -0.4 is 11.1 Å². The number of nitrogens with zero attached hydrogens (tertiary/aromatic N) is 1. The molecule has 1 heterocycles. The number of rotatable bonds is 5. The van der Waals surface area contributed by atoms with Gasteiger partial charge in [0.1, 0.15) is 0 Å². The van der Waals surface area contributed by atoms with Crippen LogP contribution in [0.15, 0.2) is 0 Å². The van der Waals surface area contributed by atoms with Crippen molar-refractivity contribution in [3.8, 4) is 0 Å². The fraction of sp³-hybridized carbons (Fsp3) is 0.917. The van der Waals surface area contributed by atoms with Gasteiger partial charge in [0, 0.05) is 13.1 Å². The first kappa shape index (κ1) is 16.7. The minimum Gasteiger partial charge on any atom is -0.355 e. The van der Waals surface area contributed by atoms with Crippen molar-refractivity contribution in [3.63, 3.8) is 0 Å². The van der Waals surface area contributed by atoms with Crippen molar-refractivity contribution >= 4 is 18.3 Å². The van der Waals surface area contributed by atoms with Gasteiger partial charge in [-0.1, -0.05) is 6.92 Å². The van der Waals surface area contributed by atoms with Gasteiger partial charge in [-0.05, 0) is 45.2 Å². The van der Waals surface area contributed by atoms with Crippen LogP contribution in [0.4, 0.5) is 0 Å². The van der Waals surface area contributed by atoms with E-state index in [0.717, 1.165) is 39.0 Å². The minimum absolute atomic E-state index is 0. The quantitative estimate of drug-likeness (QED) is 0.778. The smallest absolute Gasteiger partial charge is 0.237 e. The van der Waals surface area contributed by atoms with Gasteiger partial charge in [-0.15, -0.1) is 12.4 Å². The van der Waals surface area contributed by atoms with Crippen LogP contribution in [0.25, 0.3) is 0 Å². The third-order valence-corrected chi connectivity index (χ3v) is 3.36. The maximum Gasteiger partial charge on any atom is 0.237 e. The van der Waals surface area contributed by atoms with Crippen LogP contribution in [0.1, 0.15) is 33.1 Å². The molecule has 0 aromatic carbocycles. The third kappa shape index (κ3) is 5.23. The van der Waals surface area contributed by atoms with E-state index in [1.54, 1.807) is 0 Å². The first-order valence-electron chi connectivity index (χ1n) is 6.40. The zero-order valence-electron chi connectivity index (χ0n) is 10.9. The highest BCUT2D eigenvalue weighted by atomic mass is 35.5. The molecule has 2 unspecified atom stereocenters. The molecule has 0 bridgehead atoms. The normalized spacial score (nSPS) is 22.6. The SMILES string of the molecule is CCCNC(=O)C(C)N1CCCC(CN)C1.Cl. The summed E-state index contributed by atoms with van der Waals surface area (Å²) in [6, 6.07) is -0.0131. The second-order valence-electron chi connectivity index (χ2n) is 4.71. The number of hydrogen-bond donors (Lipinski definition) is 2. The van der Waals surface area contributed by atoms with Gasteiger partial charge < -0.3 is 11.1 Å². The van der Waals surface area contributed by atoms with E-state index in [1.807, 2.05) is 6.92 Å². The van der Waals surface area contributed by atoms with Gasteiger partial charge >= 0.3 is 0 Å². The maximum atomic E-state index is 11.8. The Hall–Kier alpha value is -0.320. The van der Waals surface area contributed by atoms with Crippen LogP contribution in [0, 0.1) is 5.92 Å². The summed E-state index contributed by atoms with van der Waals surface area (Å²) in [6.07, 6.45) is 3.35. The maximum absolute atomic E-state index is 11.8. The Kier molecular flexibility index (Phi) is 8.56. The molecule has 4 nitrogen and oxygen atoms in total. The number of piperidine rings is 1. The Balaban J connectivity index is 0.00000256. The highest BCUT2D eigenvalue weighted by molar-refractivity contribution is 5.85. The molecule has 5 heteroatoms. The lowest BCUT2D eigenvalue weighted by molar-refractivity contribution is -0.126. The molecule has 0 radical (unpaired) electrons. The van der Waals surface area contributed by atoms with Crippen molar-refractivity contribution in [1.82, 2.24) is 10.2 Å². The van der Waals surface area contributed by atoms with Crippen molar-refractivity contribution in [3.05, 3.63) is 0 Å². The predicted molar refractivity (Wildman–Crippen MR) is 73.4 cm³/mol. The molecule has 1 saturated heterocycles. The number of nitrogens with two attached hydrogens (primary N) is 1. The average molecular weight is 264 g/mol. The summed E-state index contributed by atoms with van der Waals surface area (Å²) < 4.78 is 0. The molecule has 0 aliphatic carbocycles. The number of carbonyl (C=O) groups is 1. The van der Waals surface area contributed by atoms with Crippen molar-refractivity contribution in [2.75, 3.05) is 26.2 Å². The van der Waals surface area contributed by atoms with E-state index in [1.165, 1.54) is 6.42 Å². The summed E-state index contributed by atoms with van der Waals surface area (Å²) >= 11 is 0. The summed E-state index contributed by atoms with van der Waals surface area (Å²) in [5, 5.41) is 2.95. The Morgan fingerprint density at radius 1 is 1.59 bits per heavy atom. The van der Waals surface area contributed by atoms with Crippen LogP contribution >= 0.6 is 12.4 Å².